The average Bonchev–Trinajstić information content (AvgIpc) is 2.73. The lowest BCUT2D eigenvalue weighted by Crippen LogP contribution is -2.31. The molecule has 164 valence electrons. The molecule has 1 heterocycles. The van der Waals surface area contributed by atoms with Crippen LogP contribution in [0.1, 0.15) is 57.2 Å². The SMILES string of the molecule is CC[C@@](C)(OC(C)CC(C)O)c1ccccc1-c1cc(-c2ccc(C)cc2C)ccn1. The Balaban J connectivity index is 2.03. The highest BCUT2D eigenvalue weighted by Gasteiger charge is 2.31. The Labute approximate surface area is 187 Å². The van der Waals surface area contributed by atoms with Crippen LogP contribution in [-0.4, -0.2) is 22.3 Å². The summed E-state index contributed by atoms with van der Waals surface area (Å²) >= 11 is 0. The first-order chi connectivity index (χ1) is 14.7. The first kappa shape index (κ1) is 23.2. The third-order valence-corrected chi connectivity index (χ3v) is 6.03. The summed E-state index contributed by atoms with van der Waals surface area (Å²) in [6, 6.07) is 19.2. The maximum absolute atomic E-state index is 9.78. The van der Waals surface area contributed by atoms with E-state index in [4.69, 9.17) is 9.72 Å². The monoisotopic (exact) mass is 417 g/mol. The second-order valence-electron chi connectivity index (χ2n) is 8.89. The van der Waals surface area contributed by atoms with Crippen molar-refractivity contribution in [1.29, 1.82) is 0 Å². The minimum absolute atomic E-state index is 0.0486. The molecule has 2 unspecified atom stereocenters. The summed E-state index contributed by atoms with van der Waals surface area (Å²) < 4.78 is 6.51. The van der Waals surface area contributed by atoms with Crippen molar-refractivity contribution in [2.24, 2.45) is 0 Å². The lowest BCUT2D eigenvalue weighted by Gasteiger charge is -2.34. The first-order valence-corrected chi connectivity index (χ1v) is 11.2. The Hall–Kier alpha value is -2.49. The molecule has 0 bridgehead atoms. The van der Waals surface area contributed by atoms with Gasteiger partial charge in [0.05, 0.1) is 23.5 Å². The fraction of sp³-hybridized carbons (Fsp3) is 0.393. The number of benzene rings is 2. The van der Waals surface area contributed by atoms with Gasteiger partial charge >= 0.3 is 0 Å². The fourth-order valence-corrected chi connectivity index (χ4v) is 4.36. The highest BCUT2D eigenvalue weighted by atomic mass is 16.5. The van der Waals surface area contributed by atoms with Gasteiger partial charge in [0, 0.05) is 11.8 Å². The van der Waals surface area contributed by atoms with Crippen molar-refractivity contribution >= 4 is 0 Å². The second kappa shape index (κ2) is 9.76. The molecule has 3 nitrogen and oxygen atoms in total. The van der Waals surface area contributed by atoms with Crippen LogP contribution < -0.4 is 0 Å². The molecule has 0 spiro atoms. The predicted molar refractivity (Wildman–Crippen MR) is 129 cm³/mol. The minimum Gasteiger partial charge on any atom is -0.393 e. The van der Waals surface area contributed by atoms with E-state index in [9.17, 15) is 5.11 Å². The number of aliphatic hydroxyl groups is 1. The molecule has 0 amide bonds. The summed E-state index contributed by atoms with van der Waals surface area (Å²) in [6.45, 7) is 12.4. The molecule has 3 atom stereocenters. The molecule has 0 fully saturated rings. The van der Waals surface area contributed by atoms with Crippen molar-refractivity contribution in [2.45, 2.75) is 72.2 Å². The Morgan fingerprint density at radius 1 is 1.00 bits per heavy atom. The van der Waals surface area contributed by atoms with E-state index < -0.39 is 5.60 Å². The van der Waals surface area contributed by atoms with Crippen molar-refractivity contribution in [1.82, 2.24) is 4.98 Å². The molecule has 0 aliphatic heterocycles. The number of ether oxygens (including phenoxy) is 1. The van der Waals surface area contributed by atoms with Gasteiger partial charge in [0.15, 0.2) is 0 Å². The second-order valence-corrected chi connectivity index (χ2v) is 8.89. The minimum atomic E-state index is -0.470. The zero-order valence-corrected chi connectivity index (χ0v) is 19.6. The van der Waals surface area contributed by atoms with Crippen LogP contribution in [-0.2, 0) is 10.3 Å². The number of aryl methyl sites for hydroxylation is 2. The van der Waals surface area contributed by atoms with E-state index in [2.05, 4.69) is 82.3 Å². The van der Waals surface area contributed by atoms with Crippen LogP contribution >= 0.6 is 0 Å². The van der Waals surface area contributed by atoms with Crippen LogP contribution in [0.25, 0.3) is 22.4 Å². The standard InChI is InChI=1S/C28H35NO2/c1-7-28(6,31-22(5)17-21(4)30)26-11-9-8-10-25(26)27-18-23(14-15-29-27)24-13-12-19(2)16-20(24)3/h8-16,18,21-22,30H,7,17H2,1-6H3/t21?,22?,28-/m1/s1. The first-order valence-electron chi connectivity index (χ1n) is 11.2. The number of hydrogen-bond acceptors (Lipinski definition) is 3. The van der Waals surface area contributed by atoms with Crippen LogP contribution in [0, 0.1) is 13.8 Å². The third kappa shape index (κ3) is 5.41. The molecule has 3 aromatic rings. The number of pyridine rings is 1. The maximum Gasteiger partial charge on any atom is 0.0910 e. The molecule has 1 N–H and O–H groups in total. The molecule has 1 aromatic heterocycles. The van der Waals surface area contributed by atoms with E-state index in [-0.39, 0.29) is 12.2 Å². The molecule has 0 aliphatic carbocycles. The van der Waals surface area contributed by atoms with Gasteiger partial charge in [-0.05, 0) is 81.8 Å². The number of aliphatic hydroxyl groups excluding tert-OH is 1. The molecular formula is C28H35NO2. The van der Waals surface area contributed by atoms with Crippen molar-refractivity contribution in [2.75, 3.05) is 0 Å². The van der Waals surface area contributed by atoms with Gasteiger partial charge in [0.1, 0.15) is 0 Å². The summed E-state index contributed by atoms with van der Waals surface area (Å²) in [5, 5.41) is 9.78. The predicted octanol–water partition coefficient (Wildman–Crippen LogP) is 6.83. The van der Waals surface area contributed by atoms with Crippen molar-refractivity contribution < 1.29 is 9.84 Å². The average molecular weight is 418 g/mol. The number of hydrogen-bond donors (Lipinski definition) is 1. The van der Waals surface area contributed by atoms with Gasteiger partial charge in [-0.1, -0.05) is 55.0 Å². The number of rotatable bonds is 8. The molecule has 3 rings (SSSR count). The fourth-order valence-electron chi connectivity index (χ4n) is 4.36. The van der Waals surface area contributed by atoms with Gasteiger partial charge in [0.25, 0.3) is 0 Å². The summed E-state index contributed by atoms with van der Waals surface area (Å²) in [4.78, 5) is 4.72. The molecule has 3 heteroatoms. The van der Waals surface area contributed by atoms with Crippen molar-refractivity contribution in [3.05, 3.63) is 77.5 Å². The van der Waals surface area contributed by atoms with Crippen LogP contribution in [0.5, 0.6) is 0 Å². The highest BCUT2D eigenvalue weighted by Crippen LogP contribution is 2.38. The normalized spacial score (nSPS) is 15.3. The number of aromatic nitrogens is 1. The zero-order valence-electron chi connectivity index (χ0n) is 19.6. The summed E-state index contributed by atoms with van der Waals surface area (Å²) in [5.41, 5.74) is 7.61. The Kier molecular flexibility index (Phi) is 7.30. The van der Waals surface area contributed by atoms with E-state index in [0.29, 0.717) is 6.42 Å². The Bertz CT molecular complexity index is 1030. The summed E-state index contributed by atoms with van der Waals surface area (Å²) in [5.74, 6) is 0. The zero-order chi connectivity index (χ0) is 22.6. The Morgan fingerprint density at radius 3 is 2.42 bits per heavy atom. The highest BCUT2D eigenvalue weighted by molar-refractivity contribution is 5.74. The van der Waals surface area contributed by atoms with Crippen LogP contribution in [0.2, 0.25) is 0 Å². The van der Waals surface area contributed by atoms with Crippen molar-refractivity contribution in [3.8, 4) is 22.4 Å². The summed E-state index contributed by atoms with van der Waals surface area (Å²) in [7, 11) is 0. The largest absolute Gasteiger partial charge is 0.393 e. The molecule has 0 saturated heterocycles. The van der Waals surface area contributed by atoms with Gasteiger partial charge in [-0.15, -0.1) is 0 Å². The molecule has 0 saturated carbocycles. The van der Waals surface area contributed by atoms with Gasteiger partial charge in [-0.2, -0.15) is 0 Å². The van der Waals surface area contributed by atoms with Crippen LogP contribution in [0.15, 0.2) is 60.8 Å². The lowest BCUT2D eigenvalue weighted by molar-refractivity contribution is -0.0947. The molecule has 0 aliphatic rings. The van der Waals surface area contributed by atoms with Gasteiger partial charge in [0.2, 0.25) is 0 Å². The van der Waals surface area contributed by atoms with Gasteiger partial charge < -0.3 is 9.84 Å². The molecule has 0 radical (unpaired) electrons. The van der Waals surface area contributed by atoms with Gasteiger partial charge in [-0.3, -0.25) is 4.98 Å². The smallest absolute Gasteiger partial charge is 0.0910 e. The molecular weight excluding hydrogens is 382 g/mol. The van der Waals surface area contributed by atoms with E-state index in [1.807, 2.05) is 13.1 Å². The van der Waals surface area contributed by atoms with Crippen LogP contribution in [0.3, 0.4) is 0 Å². The van der Waals surface area contributed by atoms with Gasteiger partial charge in [-0.25, -0.2) is 0 Å². The summed E-state index contributed by atoms with van der Waals surface area (Å²) in [6.07, 6.45) is 2.89. The Morgan fingerprint density at radius 2 is 1.74 bits per heavy atom. The molecule has 31 heavy (non-hydrogen) atoms. The van der Waals surface area contributed by atoms with E-state index in [0.717, 1.165) is 23.2 Å². The lowest BCUT2D eigenvalue weighted by atomic mass is 9.86. The number of nitrogens with zero attached hydrogens (tertiary/aromatic N) is 1. The topological polar surface area (TPSA) is 42.4 Å². The van der Waals surface area contributed by atoms with E-state index >= 15 is 0 Å². The van der Waals surface area contributed by atoms with Crippen molar-refractivity contribution in [3.63, 3.8) is 0 Å². The molecule has 2 aromatic carbocycles. The van der Waals surface area contributed by atoms with Crippen LogP contribution in [0.4, 0.5) is 0 Å². The maximum atomic E-state index is 9.78. The third-order valence-electron chi connectivity index (χ3n) is 6.03. The van der Waals surface area contributed by atoms with E-state index in [1.165, 1.54) is 22.3 Å². The quantitative estimate of drug-likeness (QED) is 0.436. The van der Waals surface area contributed by atoms with E-state index in [1.54, 1.807) is 6.92 Å².